The second-order valence-electron chi connectivity index (χ2n) is 5.42. The highest BCUT2D eigenvalue weighted by Crippen LogP contribution is 2.18. The van der Waals surface area contributed by atoms with E-state index in [4.69, 9.17) is 0 Å². The van der Waals surface area contributed by atoms with Crippen molar-refractivity contribution < 1.29 is 18.7 Å². The number of carbonyl (C=O) groups excluding carboxylic acids is 2. The molecule has 2 N–H and O–H groups in total. The van der Waals surface area contributed by atoms with Gasteiger partial charge in [-0.3, -0.25) is 4.79 Å². The summed E-state index contributed by atoms with van der Waals surface area (Å²) in [4.78, 5) is 31.8. The second kappa shape index (κ2) is 8.05. The van der Waals surface area contributed by atoms with Crippen molar-refractivity contribution in [2.45, 2.75) is 0 Å². The van der Waals surface area contributed by atoms with Crippen LogP contribution < -0.4 is 10.6 Å². The largest absolute Gasteiger partial charge is 0.465 e. The molecule has 0 aliphatic carbocycles. The Labute approximate surface area is 154 Å². The molecule has 0 saturated heterocycles. The molecular weight excluding hydrogens is 351 g/mol. The highest BCUT2D eigenvalue weighted by atomic mass is 19.1. The normalized spacial score (nSPS) is 10.1. The molecule has 0 aliphatic rings. The number of carbonyl (C=O) groups is 2. The van der Waals surface area contributed by atoms with Gasteiger partial charge in [-0.2, -0.15) is 0 Å². The number of rotatable bonds is 5. The number of nitrogens with one attached hydrogen (secondary N) is 2. The smallest absolute Gasteiger partial charge is 0.337 e. The summed E-state index contributed by atoms with van der Waals surface area (Å²) in [5, 5.41) is 5.44. The van der Waals surface area contributed by atoms with Crippen molar-refractivity contribution in [3.05, 3.63) is 78.0 Å². The number of anilines is 3. The van der Waals surface area contributed by atoms with E-state index in [-0.39, 0.29) is 11.4 Å². The number of para-hydroxylation sites is 1. The molecule has 1 heterocycles. The first-order chi connectivity index (χ1) is 13.1. The van der Waals surface area contributed by atoms with Gasteiger partial charge in [0, 0.05) is 11.8 Å². The van der Waals surface area contributed by atoms with Crippen LogP contribution in [-0.2, 0) is 4.74 Å². The molecule has 0 aliphatic heterocycles. The van der Waals surface area contributed by atoms with Gasteiger partial charge in [0.1, 0.15) is 23.7 Å². The molecule has 0 atom stereocenters. The quantitative estimate of drug-likeness (QED) is 0.672. The number of ether oxygens (including phenoxy) is 1. The van der Waals surface area contributed by atoms with Crippen molar-refractivity contribution in [1.29, 1.82) is 0 Å². The van der Waals surface area contributed by atoms with Crippen molar-refractivity contribution in [1.82, 2.24) is 9.97 Å². The fourth-order valence-corrected chi connectivity index (χ4v) is 2.29. The Hall–Kier alpha value is -3.81. The highest BCUT2D eigenvalue weighted by Gasteiger charge is 2.12. The topological polar surface area (TPSA) is 93.2 Å². The molecule has 2 aromatic carbocycles. The number of hydrogen-bond acceptors (Lipinski definition) is 6. The van der Waals surface area contributed by atoms with Crippen LogP contribution in [0.4, 0.5) is 21.6 Å². The maximum absolute atomic E-state index is 13.7. The molecule has 0 radical (unpaired) electrons. The lowest BCUT2D eigenvalue weighted by Crippen LogP contribution is -2.15. The van der Waals surface area contributed by atoms with Gasteiger partial charge in [0.05, 0.1) is 18.4 Å². The molecule has 0 fully saturated rings. The third-order valence-electron chi connectivity index (χ3n) is 3.58. The molecule has 1 aromatic heterocycles. The SMILES string of the molecule is COC(=O)c1cccc(Nc2cc(C(=O)Nc3ccccc3F)ncn2)c1. The summed E-state index contributed by atoms with van der Waals surface area (Å²) in [6.07, 6.45) is 1.21. The number of nitrogens with zero attached hydrogens (tertiary/aromatic N) is 2. The number of amides is 1. The lowest BCUT2D eigenvalue weighted by Gasteiger charge is -2.09. The van der Waals surface area contributed by atoms with Crippen LogP contribution in [0.25, 0.3) is 0 Å². The minimum Gasteiger partial charge on any atom is -0.465 e. The Morgan fingerprint density at radius 3 is 2.63 bits per heavy atom. The zero-order chi connectivity index (χ0) is 19.2. The van der Waals surface area contributed by atoms with Gasteiger partial charge in [0.15, 0.2) is 0 Å². The van der Waals surface area contributed by atoms with Gasteiger partial charge in [-0.1, -0.05) is 18.2 Å². The summed E-state index contributed by atoms with van der Waals surface area (Å²) in [5.74, 6) is -1.25. The molecule has 0 saturated carbocycles. The van der Waals surface area contributed by atoms with Crippen molar-refractivity contribution in [3.8, 4) is 0 Å². The molecule has 0 bridgehead atoms. The summed E-state index contributed by atoms with van der Waals surface area (Å²) < 4.78 is 18.3. The molecule has 0 spiro atoms. The van der Waals surface area contributed by atoms with Crippen molar-refractivity contribution in [3.63, 3.8) is 0 Å². The van der Waals surface area contributed by atoms with Crippen LogP contribution >= 0.6 is 0 Å². The molecule has 3 aromatic rings. The number of benzene rings is 2. The molecule has 7 nitrogen and oxygen atoms in total. The molecule has 1 amide bonds. The maximum Gasteiger partial charge on any atom is 0.337 e. The van der Waals surface area contributed by atoms with E-state index in [1.807, 2.05) is 0 Å². The van der Waals surface area contributed by atoms with Crippen LogP contribution in [0.15, 0.2) is 60.9 Å². The minimum absolute atomic E-state index is 0.0554. The summed E-state index contributed by atoms with van der Waals surface area (Å²) in [5.41, 5.74) is 1.06. The number of methoxy groups -OCH3 is 1. The fraction of sp³-hybridized carbons (Fsp3) is 0.0526. The van der Waals surface area contributed by atoms with Crippen LogP contribution in [0.1, 0.15) is 20.8 Å². The Morgan fingerprint density at radius 2 is 1.85 bits per heavy atom. The van der Waals surface area contributed by atoms with E-state index in [0.717, 1.165) is 0 Å². The Kier molecular flexibility index (Phi) is 5.36. The van der Waals surface area contributed by atoms with Gasteiger partial charge in [-0.15, -0.1) is 0 Å². The standard InChI is InChI=1S/C19H15FN4O3/c1-27-19(26)12-5-4-6-13(9-12)23-17-10-16(21-11-22-17)18(25)24-15-8-3-2-7-14(15)20/h2-11H,1H3,(H,24,25)(H,21,22,23). The number of halogens is 1. The van der Waals surface area contributed by atoms with Crippen molar-refractivity contribution in [2.24, 2.45) is 0 Å². The first kappa shape index (κ1) is 18.0. The first-order valence-corrected chi connectivity index (χ1v) is 7.90. The number of hydrogen-bond donors (Lipinski definition) is 2. The molecule has 0 unspecified atom stereocenters. The lowest BCUT2D eigenvalue weighted by molar-refractivity contribution is 0.0600. The van der Waals surface area contributed by atoms with Crippen molar-refractivity contribution in [2.75, 3.05) is 17.7 Å². The minimum atomic E-state index is -0.575. The molecule has 136 valence electrons. The van der Waals surface area contributed by atoms with Crippen molar-refractivity contribution >= 4 is 29.1 Å². The van der Waals surface area contributed by atoms with Gasteiger partial charge in [-0.25, -0.2) is 19.2 Å². The zero-order valence-corrected chi connectivity index (χ0v) is 14.3. The second-order valence-corrected chi connectivity index (χ2v) is 5.42. The monoisotopic (exact) mass is 366 g/mol. The van der Waals surface area contributed by atoms with Crippen LogP contribution in [-0.4, -0.2) is 29.0 Å². The summed E-state index contributed by atoms with van der Waals surface area (Å²) in [7, 11) is 1.30. The van der Waals surface area contributed by atoms with Gasteiger partial charge in [0.25, 0.3) is 5.91 Å². The van der Waals surface area contributed by atoms with Crippen LogP contribution in [0.3, 0.4) is 0 Å². The first-order valence-electron chi connectivity index (χ1n) is 7.90. The summed E-state index contributed by atoms with van der Waals surface area (Å²) in [6, 6.07) is 13.9. The van der Waals surface area contributed by atoms with E-state index >= 15 is 0 Å². The summed E-state index contributed by atoms with van der Waals surface area (Å²) in [6.45, 7) is 0. The predicted molar refractivity (Wildman–Crippen MR) is 97.4 cm³/mol. The fourth-order valence-electron chi connectivity index (χ4n) is 2.29. The zero-order valence-electron chi connectivity index (χ0n) is 14.3. The Balaban J connectivity index is 1.77. The van der Waals surface area contributed by atoms with E-state index in [2.05, 4.69) is 25.3 Å². The van der Waals surface area contributed by atoms with Gasteiger partial charge in [0.2, 0.25) is 0 Å². The van der Waals surface area contributed by atoms with Gasteiger partial charge in [-0.05, 0) is 30.3 Å². The van der Waals surface area contributed by atoms with E-state index in [9.17, 15) is 14.0 Å². The Morgan fingerprint density at radius 1 is 1.04 bits per heavy atom. The third-order valence-corrected chi connectivity index (χ3v) is 3.58. The number of esters is 1. The lowest BCUT2D eigenvalue weighted by atomic mass is 10.2. The third kappa shape index (κ3) is 4.43. The van der Waals surface area contributed by atoms with E-state index in [1.54, 1.807) is 30.3 Å². The van der Waals surface area contributed by atoms with E-state index in [0.29, 0.717) is 17.1 Å². The predicted octanol–water partition coefficient (Wildman–Crippen LogP) is 3.40. The molecule has 3 rings (SSSR count). The maximum atomic E-state index is 13.7. The Bertz CT molecular complexity index is 994. The molecular formula is C19H15FN4O3. The average molecular weight is 366 g/mol. The summed E-state index contributed by atoms with van der Waals surface area (Å²) >= 11 is 0. The van der Waals surface area contributed by atoms with Crippen LogP contribution in [0, 0.1) is 5.82 Å². The van der Waals surface area contributed by atoms with Gasteiger partial charge < -0.3 is 15.4 Å². The van der Waals surface area contributed by atoms with Gasteiger partial charge >= 0.3 is 5.97 Å². The number of aromatic nitrogens is 2. The average Bonchev–Trinajstić information content (AvgIpc) is 2.69. The highest BCUT2D eigenvalue weighted by molar-refractivity contribution is 6.03. The van der Waals surface area contributed by atoms with Crippen LogP contribution in [0.5, 0.6) is 0 Å². The molecule has 27 heavy (non-hydrogen) atoms. The molecule has 8 heteroatoms. The van der Waals surface area contributed by atoms with Crippen LogP contribution in [0.2, 0.25) is 0 Å². The van der Waals surface area contributed by atoms with E-state index < -0.39 is 17.7 Å². The van der Waals surface area contributed by atoms with E-state index in [1.165, 1.54) is 37.7 Å².